The first-order chi connectivity index (χ1) is 13.4. The Morgan fingerprint density at radius 3 is 2.39 bits per heavy atom. The van der Waals surface area contributed by atoms with Crippen LogP contribution >= 0.6 is 0 Å². The lowest BCUT2D eigenvalue weighted by Crippen LogP contribution is -2.50. The van der Waals surface area contributed by atoms with Crippen molar-refractivity contribution in [2.45, 2.75) is 43.7 Å². The quantitative estimate of drug-likeness (QED) is 0.795. The normalized spacial score (nSPS) is 19.6. The summed E-state index contributed by atoms with van der Waals surface area (Å²) in [6.07, 6.45) is 1.01. The van der Waals surface area contributed by atoms with E-state index in [-0.39, 0.29) is 23.6 Å². The van der Waals surface area contributed by atoms with Crippen LogP contribution in [-0.4, -0.2) is 42.0 Å². The first kappa shape index (κ1) is 18.7. The molecule has 0 radical (unpaired) electrons. The predicted octanol–water partition coefficient (Wildman–Crippen LogP) is 2.26. The van der Waals surface area contributed by atoms with Crippen LogP contribution in [0.3, 0.4) is 0 Å². The second kappa shape index (κ2) is 7.05. The Morgan fingerprint density at radius 1 is 1.00 bits per heavy atom. The lowest BCUT2D eigenvalue weighted by Gasteiger charge is -2.33. The zero-order valence-corrected chi connectivity index (χ0v) is 16.5. The number of rotatable bonds is 3. The van der Waals surface area contributed by atoms with E-state index in [4.69, 9.17) is 0 Å². The van der Waals surface area contributed by atoms with Gasteiger partial charge in [-0.05, 0) is 43.0 Å². The SMILES string of the molecule is Cc1ccc(S(=O)(=O)N2C(=O)CC[C@H]2C(=O)N2CCc3ccccc3C2)cc1. The van der Waals surface area contributed by atoms with Gasteiger partial charge in [-0.25, -0.2) is 12.7 Å². The molecule has 2 heterocycles. The molecule has 6 nitrogen and oxygen atoms in total. The van der Waals surface area contributed by atoms with E-state index in [1.54, 1.807) is 17.0 Å². The van der Waals surface area contributed by atoms with Crippen LogP contribution < -0.4 is 0 Å². The number of hydrogen-bond donors (Lipinski definition) is 0. The third kappa shape index (κ3) is 3.20. The van der Waals surface area contributed by atoms with Gasteiger partial charge >= 0.3 is 0 Å². The van der Waals surface area contributed by atoms with E-state index < -0.39 is 22.0 Å². The molecule has 1 fully saturated rings. The third-order valence-electron chi connectivity index (χ3n) is 5.47. The minimum absolute atomic E-state index is 0.0372. The van der Waals surface area contributed by atoms with Gasteiger partial charge in [0.2, 0.25) is 11.8 Å². The highest BCUT2D eigenvalue weighted by Gasteiger charge is 2.45. The van der Waals surface area contributed by atoms with Gasteiger partial charge in [0.15, 0.2) is 0 Å². The molecular weight excluding hydrogens is 376 g/mol. The van der Waals surface area contributed by atoms with Gasteiger partial charge in [-0.1, -0.05) is 42.0 Å². The first-order valence-electron chi connectivity index (χ1n) is 9.37. The van der Waals surface area contributed by atoms with Crippen LogP contribution in [0.15, 0.2) is 53.4 Å². The summed E-state index contributed by atoms with van der Waals surface area (Å²) in [5.74, 6) is -0.813. The number of nitrogens with zero attached hydrogens (tertiary/aromatic N) is 2. The molecule has 146 valence electrons. The number of benzene rings is 2. The number of aryl methyl sites for hydroxylation is 1. The number of amides is 2. The molecule has 2 aromatic rings. The van der Waals surface area contributed by atoms with E-state index in [1.807, 2.05) is 31.2 Å². The van der Waals surface area contributed by atoms with E-state index in [9.17, 15) is 18.0 Å². The number of sulfonamides is 1. The fourth-order valence-electron chi connectivity index (χ4n) is 3.91. The van der Waals surface area contributed by atoms with Gasteiger partial charge in [0.05, 0.1) is 4.90 Å². The summed E-state index contributed by atoms with van der Waals surface area (Å²) in [7, 11) is -4.06. The third-order valence-corrected chi connectivity index (χ3v) is 7.31. The van der Waals surface area contributed by atoms with E-state index in [1.165, 1.54) is 17.7 Å². The molecule has 2 aliphatic rings. The van der Waals surface area contributed by atoms with Gasteiger partial charge < -0.3 is 4.90 Å². The molecule has 0 aromatic heterocycles. The summed E-state index contributed by atoms with van der Waals surface area (Å²) in [5, 5.41) is 0. The van der Waals surface area contributed by atoms with Crippen LogP contribution in [0.4, 0.5) is 0 Å². The fourth-order valence-corrected chi connectivity index (χ4v) is 5.50. The van der Waals surface area contributed by atoms with Crippen molar-refractivity contribution in [2.24, 2.45) is 0 Å². The average molecular weight is 398 g/mol. The van der Waals surface area contributed by atoms with E-state index >= 15 is 0 Å². The number of hydrogen-bond acceptors (Lipinski definition) is 4. The van der Waals surface area contributed by atoms with Crippen molar-refractivity contribution in [3.05, 3.63) is 65.2 Å². The Kier molecular flexibility index (Phi) is 4.71. The first-order valence-corrected chi connectivity index (χ1v) is 10.8. The van der Waals surface area contributed by atoms with Crippen molar-refractivity contribution >= 4 is 21.8 Å². The van der Waals surface area contributed by atoms with Crippen LogP contribution in [0, 0.1) is 6.92 Å². The van der Waals surface area contributed by atoms with Crippen LogP contribution in [0.25, 0.3) is 0 Å². The molecule has 2 aromatic carbocycles. The molecule has 7 heteroatoms. The summed E-state index contributed by atoms with van der Waals surface area (Å²) < 4.78 is 27.0. The Hall–Kier alpha value is -2.67. The van der Waals surface area contributed by atoms with Crippen LogP contribution in [0.1, 0.15) is 29.5 Å². The highest BCUT2D eigenvalue weighted by atomic mass is 32.2. The van der Waals surface area contributed by atoms with Crippen molar-refractivity contribution in [2.75, 3.05) is 6.54 Å². The molecule has 0 spiro atoms. The maximum Gasteiger partial charge on any atom is 0.267 e. The van der Waals surface area contributed by atoms with Gasteiger partial charge in [0.25, 0.3) is 10.0 Å². The molecule has 28 heavy (non-hydrogen) atoms. The molecule has 1 atom stereocenters. The maximum atomic E-state index is 13.2. The molecular formula is C21H22N2O4S. The fraction of sp³-hybridized carbons (Fsp3) is 0.333. The summed E-state index contributed by atoms with van der Waals surface area (Å²) >= 11 is 0. The minimum Gasteiger partial charge on any atom is -0.336 e. The van der Waals surface area contributed by atoms with E-state index in [2.05, 4.69) is 0 Å². The highest BCUT2D eigenvalue weighted by Crippen LogP contribution is 2.30. The van der Waals surface area contributed by atoms with Gasteiger partial charge in [-0.2, -0.15) is 0 Å². The van der Waals surface area contributed by atoms with E-state index in [0.717, 1.165) is 21.9 Å². The Balaban J connectivity index is 1.61. The van der Waals surface area contributed by atoms with Crippen molar-refractivity contribution in [1.29, 1.82) is 0 Å². The average Bonchev–Trinajstić information content (AvgIpc) is 3.09. The topological polar surface area (TPSA) is 74.8 Å². The molecule has 0 aliphatic carbocycles. The van der Waals surface area contributed by atoms with Gasteiger partial charge in [-0.15, -0.1) is 0 Å². The van der Waals surface area contributed by atoms with E-state index in [0.29, 0.717) is 13.1 Å². The molecule has 0 saturated carbocycles. The monoisotopic (exact) mass is 398 g/mol. The summed E-state index contributed by atoms with van der Waals surface area (Å²) in [5.41, 5.74) is 3.20. The largest absolute Gasteiger partial charge is 0.336 e. The second-order valence-corrected chi connectivity index (χ2v) is 9.16. The predicted molar refractivity (Wildman–Crippen MR) is 104 cm³/mol. The molecule has 2 aliphatic heterocycles. The molecule has 0 N–H and O–H groups in total. The summed E-state index contributed by atoms with van der Waals surface area (Å²) in [6.45, 7) is 2.83. The summed E-state index contributed by atoms with van der Waals surface area (Å²) in [6, 6.07) is 13.3. The number of fused-ring (bicyclic) bond motifs is 1. The molecule has 2 amide bonds. The van der Waals surface area contributed by atoms with Crippen LogP contribution in [0.2, 0.25) is 0 Å². The van der Waals surface area contributed by atoms with Gasteiger partial charge in [0, 0.05) is 19.5 Å². The highest BCUT2D eigenvalue weighted by molar-refractivity contribution is 7.89. The van der Waals surface area contributed by atoms with Crippen molar-refractivity contribution in [3.8, 4) is 0 Å². The van der Waals surface area contributed by atoms with Crippen molar-refractivity contribution in [1.82, 2.24) is 9.21 Å². The lowest BCUT2D eigenvalue weighted by atomic mass is 9.99. The minimum atomic E-state index is -4.06. The van der Waals surface area contributed by atoms with Gasteiger partial charge in [0.1, 0.15) is 6.04 Å². The molecule has 0 unspecified atom stereocenters. The zero-order valence-electron chi connectivity index (χ0n) is 15.7. The van der Waals surface area contributed by atoms with Crippen molar-refractivity contribution < 1.29 is 18.0 Å². The molecule has 0 bridgehead atoms. The maximum absolute atomic E-state index is 13.2. The van der Waals surface area contributed by atoms with Crippen LogP contribution in [0.5, 0.6) is 0 Å². The Morgan fingerprint density at radius 2 is 1.68 bits per heavy atom. The van der Waals surface area contributed by atoms with Crippen molar-refractivity contribution in [3.63, 3.8) is 0 Å². The summed E-state index contributed by atoms with van der Waals surface area (Å²) in [4.78, 5) is 27.3. The molecule has 1 saturated heterocycles. The number of carbonyl (C=O) groups excluding carboxylic acids is 2. The zero-order chi connectivity index (χ0) is 19.9. The smallest absolute Gasteiger partial charge is 0.267 e. The molecule has 4 rings (SSSR count). The second-order valence-electron chi connectivity index (χ2n) is 7.34. The number of carbonyl (C=O) groups is 2. The van der Waals surface area contributed by atoms with Gasteiger partial charge in [-0.3, -0.25) is 9.59 Å². The Labute approximate surface area is 164 Å². The standard InChI is InChI=1S/C21H22N2O4S/c1-15-6-8-18(9-7-15)28(26,27)23-19(10-11-20(23)24)21(25)22-13-12-16-4-2-3-5-17(16)14-22/h2-9,19H,10-14H2,1H3/t19-/m0/s1. The van der Waals surface area contributed by atoms with Crippen LogP contribution in [-0.2, 0) is 32.6 Å². The lowest BCUT2D eigenvalue weighted by molar-refractivity contribution is -0.138. The Bertz CT molecular complexity index is 1030.